The third-order valence-corrected chi connectivity index (χ3v) is 2.09. The minimum absolute atomic E-state index is 0.238. The molecule has 0 aliphatic carbocycles. The fourth-order valence-corrected chi connectivity index (χ4v) is 1.26. The maximum absolute atomic E-state index is 10.7. The number of aliphatic hydroxyl groups is 2. The van der Waals surface area contributed by atoms with Gasteiger partial charge in [-0.3, -0.25) is 0 Å². The van der Waals surface area contributed by atoms with Crippen molar-refractivity contribution in [2.24, 2.45) is 0 Å². The fraction of sp³-hybridized carbons (Fsp3) is 0.364. The van der Waals surface area contributed by atoms with Gasteiger partial charge in [0.15, 0.2) is 0 Å². The van der Waals surface area contributed by atoms with E-state index < -0.39 is 12.1 Å². The molecular formula is C11H15NO4. The number of rotatable bonds is 6. The van der Waals surface area contributed by atoms with Crippen LogP contribution in [0.3, 0.4) is 0 Å². The number of hydrogen-bond donors (Lipinski definition) is 4. The second-order valence-corrected chi connectivity index (χ2v) is 3.47. The van der Waals surface area contributed by atoms with Gasteiger partial charge in [-0.15, -0.1) is 0 Å². The first-order chi connectivity index (χ1) is 7.63. The lowest BCUT2D eigenvalue weighted by Crippen LogP contribution is -2.28. The molecule has 0 aromatic heterocycles. The van der Waals surface area contributed by atoms with E-state index in [4.69, 9.17) is 15.3 Å². The van der Waals surface area contributed by atoms with E-state index in [9.17, 15) is 4.79 Å². The van der Waals surface area contributed by atoms with Crippen molar-refractivity contribution in [3.63, 3.8) is 0 Å². The highest BCUT2D eigenvalue weighted by molar-refractivity contribution is 5.87. The van der Waals surface area contributed by atoms with Crippen LogP contribution in [0.25, 0.3) is 0 Å². The van der Waals surface area contributed by atoms with Crippen molar-refractivity contribution in [2.45, 2.75) is 12.6 Å². The van der Waals surface area contributed by atoms with Gasteiger partial charge in [-0.2, -0.15) is 0 Å². The molecule has 1 rings (SSSR count). The Morgan fingerprint density at radius 1 is 1.44 bits per heavy atom. The summed E-state index contributed by atoms with van der Waals surface area (Å²) >= 11 is 0. The Kier molecular flexibility index (Phi) is 4.91. The molecule has 16 heavy (non-hydrogen) atoms. The third-order valence-electron chi connectivity index (χ3n) is 2.09. The highest BCUT2D eigenvalue weighted by atomic mass is 16.4. The predicted octanol–water partition coefficient (Wildman–Crippen LogP) is -0.172. The predicted molar refractivity (Wildman–Crippen MR) is 58.2 cm³/mol. The average molecular weight is 225 g/mol. The number of aromatic carboxylic acids is 1. The van der Waals surface area contributed by atoms with Crippen LogP contribution in [0.15, 0.2) is 24.3 Å². The Labute approximate surface area is 93.4 Å². The number of carboxylic acid groups (broad SMARTS) is 1. The van der Waals surface area contributed by atoms with Crippen molar-refractivity contribution in [1.82, 2.24) is 5.32 Å². The van der Waals surface area contributed by atoms with Crippen molar-refractivity contribution in [3.05, 3.63) is 35.4 Å². The van der Waals surface area contributed by atoms with Gasteiger partial charge in [0.2, 0.25) is 0 Å². The Morgan fingerprint density at radius 3 is 2.81 bits per heavy atom. The molecule has 0 bridgehead atoms. The molecule has 0 aliphatic rings. The van der Waals surface area contributed by atoms with Crippen LogP contribution in [0, 0.1) is 0 Å². The average Bonchev–Trinajstić information content (AvgIpc) is 2.29. The second kappa shape index (κ2) is 6.22. The highest BCUT2D eigenvalue weighted by Gasteiger charge is 2.04. The van der Waals surface area contributed by atoms with Gasteiger partial charge in [0.25, 0.3) is 0 Å². The van der Waals surface area contributed by atoms with Gasteiger partial charge in [0, 0.05) is 13.1 Å². The quantitative estimate of drug-likeness (QED) is 0.539. The van der Waals surface area contributed by atoms with E-state index in [-0.39, 0.29) is 18.7 Å². The minimum atomic E-state index is -0.961. The Bertz CT molecular complexity index is 354. The molecule has 0 fully saturated rings. The maximum Gasteiger partial charge on any atom is 0.335 e. The van der Waals surface area contributed by atoms with Gasteiger partial charge in [0.1, 0.15) is 0 Å². The number of aliphatic hydroxyl groups excluding tert-OH is 2. The van der Waals surface area contributed by atoms with Gasteiger partial charge >= 0.3 is 5.97 Å². The molecule has 0 spiro atoms. The van der Waals surface area contributed by atoms with E-state index >= 15 is 0 Å². The summed E-state index contributed by atoms with van der Waals surface area (Å²) in [7, 11) is 0. The van der Waals surface area contributed by atoms with Crippen LogP contribution < -0.4 is 5.32 Å². The highest BCUT2D eigenvalue weighted by Crippen LogP contribution is 2.04. The smallest absolute Gasteiger partial charge is 0.335 e. The zero-order valence-corrected chi connectivity index (χ0v) is 8.76. The number of hydrogen-bond acceptors (Lipinski definition) is 4. The molecule has 5 heteroatoms. The third kappa shape index (κ3) is 3.98. The summed E-state index contributed by atoms with van der Waals surface area (Å²) in [6.07, 6.45) is -0.789. The molecule has 1 atom stereocenters. The molecule has 0 aliphatic heterocycles. The van der Waals surface area contributed by atoms with Gasteiger partial charge in [0.05, 0.1) is 18.3 Å². The van der Waals surface area contributed by atoms with Gasteiger partial charge in [-0.1, -0.05) is 12.1 Å². The summed E-state index contributed by atoms with van der Waals surface area (Å²) in [5, 5.41) is 29.3. The molecule has 1 aromatic rings. The van der Waals surface area contributed by atoms with Crippen LogP contribution >= 0.6 is 0 Å². The number of carboxylic acids is 1. The molecule has 0 amide bonds. The van der Waals surface area contributed by atoms with E-state index in [0.717, 1.165) is 5.56 Å². The van der Waals surface area contributed by atoms with Gasteiger partial charge in [-0.25, -0.2) is 4.79 Å². The molecule has 1 aromatic carbocycles. The Hall–Kier alpha value is -1.43. The fourth-order valence-electron chi connectivity index (χ4n) is 1.26. The van der Waals surface area contributed by atoms with Crippen molar-refractivity contribution in [3.8, 4) is 0 Å². The van der Waals surface area contributed by atoms with Crippen LogP contribution in [-0.4, -0.2) is 40.5 Å². The first kappa shape index (κ1) is 12.6. The molecule has 0 saturated carbocycles. The number of benzene rings is 1. The van der Waals surface area contributed by atoms with Crippen LogP contribution in [0.4, 0.5) is 0 Å². The molecule has 5 nitrogen and oxygen atoms in total. The number of carbonyl (C=O) groups is 1. The maximum atomic E-state index is 10.7. The monoisotopic (exact) mass is 225 g/mol. The lowest BCUT2D eigenvalue weighted by atomic mass is 10.1. The van der Waals surface area contributed by atoms with Crippen LogP contribution in [0.5, 0.6) is 0 Å². The molecule has 0 heterocycles. The first-order valence-corrected chi connectivity index (χ1v) is 4.95. The van der Waals surface area contributed by atoms with E-state index in [1.807, 2.05) is 0 Å². The first-order valence-electron chi connectivity index (χ1n) is 4.95. The van der Waals surface area contributed by atoms with Crippen molar-refractivity contribution in [2.75, 3.05) is 13.2 Å². The lowest BCUT2D eigenvalue weighted by molar-refractivity contribution is 0.0696. The zero-order chi connectivity index (χ0) is 12.0. The zero-order valence-electron chi connectivity index (χ0n) is 8.76. The molecular weight excluding hydrogens is 210 g/mol. The van der Waals surface area contributed by atoms with Gasteiger partial charge in [-0.05, 0) is 17.7 Å². The van der Waals surface area contributed by atoms with Crippen molar-refractivity contribution in [1.29, 1.82) is 0 Å². The lowest BCUT2D eigenvalue weighted by Gasteiger charge is -2.09. The van der Waals surface area contributed by atoms with E-state index in [1.54, 1.807) is 18.2 Å². The Morgan fingerprint density at radius 2 is 2.19 bits per heavy atom. The van der Waals surface area contributed by atoms with Crippen LogP contribution in [0.1, 0.15) is 15.9 Å². The molecule has 0 radical (unpaired) electrons. The second-order valence-electron chi connectivity index (χ2n) is 3.47. The molecule has 4 N–H and O–H groups in total. The summed E-state index contributed by atoms with van der Waals surface area (Å²) in [6.45, 7) is 0.439. The summed E-state index contributed by atoms with van der Waals surface area (Å²) in [6, 6.07) is 6.56. The topological polar surface area (TPSA) is 89.8 Å². The minimum Gasteiger partial charge on any atom is -0.478 e. The molecule has 0 saturated heterocycles. The standard InChI is InChI=1S/C11H15NO4/c13-7-10(14)6-12-5-8-2-1-3-9(4-8)11(15)16/h1-4,10,12-14H,5-7H2,(H,15,16). The Balaban J connectivity index is 2.48. The van der Waals surface area contributed by atoms with Crippen molar-refractivity contribution >= 4 is 5.97 Å². The number of nitrogens with one attached hydrogen (secondary N) is 1. The summed E-state index contributed by atoms with van der Waals surface area (Å²) in [4.78, 5) is 10.7. The summed E-state index contributed by atoms with van der Waals surface area (Å²) < 4.78 is 0. The van der Waals surface area contributed by atoms with Crippen LogP contribution in [0.2, 0.25) is 0 Å². The molecule has 1 unspecified atom stereocenters. The summed E-state index contributed by atoms with van der Waals surface area (Å²) in [5.41, 5.74) is 1.06. The normalized spacial score (nSPS) is 12.4. The van der Waals surface area contributed by atoms with Gasteiger partial charge < -0.3 is 20.6 Å². The summed E-state index contributed by atoms with van der Waals surface area (Å²) in [5.74, 6) is -0.961. The van der Waals surface area contributed by atoms with E-state index in [0.29, 0.717) is 6.54 Å². The molecule has 88 valence electrons. The largest absolute Gasteiger partial charge is 0.478 e. The van der Waals surface area contributed by atoms with E-state index in [1.165, 1.54) is 6.07 Å². The van der Waals surface area contributed by atoms with Crippen molar-refractivity contribution < 1.29 is 20.1 Å². The SMILES string of the molecule is O=C(O)c1cccc(CNCC(O)CO)c1. The van der Waals surface area contributed by atoms with Crippen LogP contribution in [-0.2, 0) is 6.54 Å². The van der Waals surface area contributed by atoms with E-state index in [2.05, 4.69) is 5.32 Å².